The van der Waals surface area contributed by atoms with Gasteiger partial charge < -0.3 is 4.57 Å². The van der Waals surface area contributed by atoms with E-state index in [1.54, 1.807) is 4.57 Å². The zero-order chi connectivity index (χ0) is 10.8. The Morgan fingerprint density at radius 3 is 2.93 bits per heavy atom. The number of benzene rings is 1. The Morgan fingerprint density at radius 1 is 1.47 bits per heavy atom. The number of para-hydroxylation sites is 2. The van der Waals surface area contributed by atoms with Gasteiger partial charge in [-0.2, -0.15) is 0 Å². The number of aromatic nitrogens is 2. The third-order valence-electron chi connectivity index (χ3n) is 2.08. The summed E-state index contributed by atoms with van der Waals surface area (Å²) < 4.78 is 2.40. The molecule has 0 atom stereocenters. The van der Waals surface area contributed by atoms with E-state index in [2.05, 4.69) is 27.5 Å². The monoisotopic (exact) mass is 264 g/mol. The van der Waals surface area contributed by atoms with Gasteiger partial charge in [0.15, 0.2) is 0 Å². The molecule has 0 saturated heterocycles. The molecule has 0 unspecified atom stereocenters. The fraction of sp³-hybridized carbons (Fsp3) is 0.0909. The van der Waals surface area contributed by atoms with Gasteiger partial charge in [-0.25, -0.2) is 4.98 Å². The number of halogens is 1. The minimum absolute atomic E-state index is 0.116. The Kier molecular flexibility index (Phi) is 2.68. The number of fused-ring (bicyclic) bond motifs is 1. The molecule has 2 rings (SSSR count). The molecule has 0 radical (unpaired) electrons. The van der Waals surface area contributed by atoms with Crippen molar-refractivity contribution in [3.05, 3.63) is 51.9 Å². The molecule has 0 fully saturated rings. The van der Waals surface area contributed by atoms with Gasteiger partial charge in [0.05, 0.1) is 23.8 Å². The molecule has 1 heterocycles. The highest BCUT2D eigenvalue weighted by Crippen LogP contribution is 2.11. The van der Waals surface area contributed by atoms with Crippen LogP contribution in [0.15, 0.2) is 46.3 Å². The Labute approximate surface area is 95.2 Å². The van der Waals surface area contributed by atoms with Crippen LogP contribution in [-0.4, -0.2) is 9.55 Å². The summed E-state index contributed by atoms with van der Waals surface area (Å²) >= 11 is 3.26. The normalized spacial score (nSPS) is 10.5. The van der Waals surface area contributed by atoms with E-state index < -0.39 is 0 Å². The highest BCUT2D eigenvalue weighted by molar-refractivity contribution is 9.11. The highest BCUT2D eigenvalue weighted by atomic mass is 79.9. The largest absolute Gasteiger partial charge is 0.300 e. The maximum Gasteiger partial charge on any atom is 0.269 e. The number of hydrogen-bond acceptors (Lipinski definition) is 2. The minimum atomic E-state index is -0.116. The Morgan fingerprint density at radius 2 is 2.20 bits per heavy atom. The maximum atomic E-state index is 11.6. The fourth-order valence-electron chi connectivity index (χ4n) is 1.45. The molecular weight excluding hydrogens is 256 g/mol. The Hall–Kier alpha value is -1.42. The lowest BCUT2D eigenvalue weighted by atomic mass is 10.3. The smallest absolute Gasteiger partial charge is 0.269 e. The molecule has 0 aliphatic carbocycles. The van der Waals surface area contributed by atoms with Crippen LogP contribution in [0.2, 0.25) is 0 Å². The average Bonchev–Trinajstić information content (AvgIpc) is 2.22. The van der Waals surface area contributed by atoms with Gasteiger partial charge in [0, 0.05) is 4.48 Å². The second-order valence-corrected chi connectivity index (χ2v) is 4.31. The number of allylic oxidation sites excluding steroid dienone is 1. The lowest BCUT2D eigenvalue weighted by molar-refractivity contribution is 0.803. The van der Waals surface area contributed by atoms with Crippen LogP contribution in [0.5, 0.6) is 0 Å². The predicted octanol–water partition coefficient (Wildman–Crippen LogP) is 2.31. The first-order valence-corrected chi connectivity index (χ1v) is 5.25. The third-order valence-corrected chi connectivity index (χ3v) is 2.33. The molecule has 1 aromatic carbocycles. The van der Waals surface area contributed by atoms with Crippen molar-refractivity contribution in [2.45, 2.75) is 6.54 Å². The molecule has 0 saturated carbocycles. The Balaban J connectivity index is 2.74. The molecule has 0 bridgehead atoms. The van der Waals surface area contributed by atoms with Crippen LogP contribution in [-0.2, 0) is 6.54 Å². The fourth-order valence-corrected chi connectivity index (χ4v) is 1.70. The van der Waals surface area contributed by atoms with E-state index in [0.29, 0.717) is 6.54 Å². The van der Waals surface area contributed by atoms with Crippen molar-refractivity contribution < 1.29 is 0 Å². The summed E-state index contributed by atoms with van der Waals surface area (Å²) in [5.74, 6) is 0. The van der Waals surface area contributed by atoms with Gasteiger partial charge in [-0.15, -0.1) is 0 Å². The molecule has 76 valence electrons. The molecule has 0 N–H and O–H groups in total. The lowest BCUT2D eigenvalue weighted by Gasteiger charge is -2.07. The van der Waals surface area contributed by atoms with Gasteiger partial charge in [-0.3, -0.25) is 4.79 Å². The SMILES string of the molecule is C=C(Br)Cn1c(=O)cnc2ccccc21. The van der Waals surface area contributed by atoms with E-state index in [-0.39, 0.29) is 5.56 Å². The summed E-state index contributed by atoms with van der Waals surface area (Å²) in [6, 6.07) is 7.53. The van der Waals surface area contributed by atoms with Crippen LogP contribution in [0.25, 0.3) is 11.0 Å². The van der Waals surface area contributed by atoms with Crippen molar-refractivity contribution in [2.24, 2.45) is 0 Å². The summed E-state index contributed by atoms with van der Waals surface area (Å²) in [7, 11) is 0. The van der Waals surface area contributed by atoms with E-state index in [1.807, 2.05) is 24.3 Å². The van der Waals surface area contributed by atoms with Crippen LogP contribution in [0, 0.1) is 0 Å². The molecular formula is C11H9BrN2O. The standard InChI is InChI=1S/C11H9BrN2O/c1-8(12)7-14-10-5-3-2-4-9(10)13-6-11(14)15/h2-6H,1,7H2. The van der Waals surface area contributed by atoms with Crippen LogP contribution >= 0.6 is 15.9 Å². The quantitative estimate of drug-likeness (QED) is 0.835. The molecule has 3 nitrogen and oxygen atoms in total. The van der Waals surface area contributed by atoms with Crippen molar-refractivity contribution in [2.75, 3.05) is 0 Å². The van der Waals surface area contributed by atoms with Gasteiger partial charge in [-0.05, 0) is 12.1 Å². The Bertz CT molecular complexity index is 574. The van der Waals surface area contributed by atoms with Crippen LogP contribution < -0.4 is 5.56 Å². The van der Waals surface area contributed by atoms with E-state index in [0.717, 1.165) is 15.5 Å². The summed E-state index contributed by atoms with van der Waals surface area (Å²) in [4.78, 5) is 15.7. The first kappa shape index (κ1) is 10.1. The second-order valence-electron chi connectivity index (χ2n) is 3.19. The first-order chi connectivity index (χ1) is 7.18. The number of nitrogens with zero attached hydrogens (tertiary/aromatic N) is 2. The van der Waals surface area contributed by atoms with E-state index in [1.165, 1.54) is 6.20 Å². The molecule has 0 spiro atoms. The van der Waals surface area contributed by atoms with Gasteiger partial charge >= 0.3 is 0 Å². The summed E-state index contributed by atoms with van der Waals surface area (Å²) in [5, 5.41) is 0. The molecule has 4 heteroatoms. The van der Waals surface area contributed by atoms with Crippen LogP contribution in [0.4, 0.5) is 0 Å². The van der Waals surface area contributed by atoms with Gasteiger partial charge in [0.2, 0.25) is 0 Å². The maximum absolute atomic E-state index is 11.6. The highest BCUT2D eigenvalue weighted by Gasteiger charge is 2.03. The zero-order valence-electron chi connectivity index (χ0n) is 7.98. The van der Waals surface area contributed by atoms with Crippen LogP contribution in [0.1, 0.15) is 0 Å². The first-order valence-electron chi connectivity index (χ1n) is 4.46. The topological polar surface area (TPSA) is 34.9 Å². The van der Waals surface area contributed by atoms with Crippen LogP contribution in [0.3, 0.4) is 0 Å². The van der Waals surface area contributed by atoms with Crippen molar-refractivity contribution in [1.82, 2.24) is 9.55 Å². The average molecular weight is 265 g/mol. The van der Waals surface area contributed by atoms with Gasteiger partial charge in [-0.1, -0.05) is 34.6 Å². The van der Waals surface area contributed by atoms with E-state index in [4.69, 9.17) is 0 Å². The summed E-state index contributed by atoms with van der Waals surface area (Å²) in [5.41, 5.74) is 1.52. The van der Waals surface area contributed by atoms with E-state index in [9.17, 15) is 4.79 Å². The van der Waals surface area contributed by atoms with Gasteiger partial charge in [0.1, 0.15) is 0 Å². The summed E-state index contributed by atoms with van der Waals surface area (Å²) in [6.45, 7) is 4.20. The number of hydrogen-bond donors (Lipinski definition) is 0. The zero-order valence-corrected chi connectivity index (χ0v) is 9.57. The lowest BCUT2D eigenvalue weighted by Crippen LogP contribution is -2.20. The summed E-state index contributed by atoms with van der Waals surface area (Å²) in [6.07, 6.45) is 1.33. The van der Waals surface area contributed by atoms with Crippen molar-refractivity contribution in [3.8, 4) is 0 Å². The molecule has 0 aliphatic rings. The van der Waals surface area contributed by atoms with Gasteiger partial charge in [0.25, 0.3) is 5.56 Å². The minimum Gasteiger partial charge on any atom is -0.300 e. The van der Waals surface area contributed by atoms with Crippen molar-refractivity contribution in [1.29, 1.82) is 0 Å². The second kappa shape index (κ2) is 3.98. The number of rotatable bonds is 2. The third kappa shape index (κ3) is 1.99. The molecule has 2 aromatic rings. The molecule has 15 heavy (non-hydrogen) atoms. The van der Waals surface area contributed by atoms with E-state index >= 15 is 0 Å². The van der Waals surface area contributed by atoms with Crippen molar-refractivity contribution >= 4 is 27.0 Å². The molecule has 1 aromatic heterocycles. The van der Waals surface area contributed by atoms with Crippen molar-refractivity contribution in [3.63, 3.8) is 0 Å². The molecule has 0 aliphatic heterocycles. The molecule has 0 amide bonds. The predicted molar refractivity (Wildman–Crippen MR) is 64.1 cm³/mol.